The zero-order chi connectivity index (χ0) is 19.2. The number of carbonyl (C=O) groups excluding carboxylic acids is 2. The topological polar surface area (TPSA) is 111 Å². The molecule has 1 N–H and O–H groups in total. The van der Waals surface area contributed by atoms with Crippen LogP contribution < -0.4 is 10.2 Å². The van der Waals surface area contributed by atoms with E-state index in [2.05, 4.69) is 5.32 Å². The van der Waals surface area contributed by atoms with Crippen LogP contribution in [0.15, 0.2) is 18.2 Å². The monoisotopic (exact) mass is 377 g/mol. The first-order valence-corrected chi connectivity index (χ1v) is 9.12. The molecule has 9 nitrogen and oxygen atoms in total. The third kappa shape index (κ3) is 4.94. The van der Waals surface area contributed by atoms with Crippen LogP contribution in [0, 0.1) is 10.1 Å². The van der Waals surface area contributed by atoms with Crippen LogP contribution in [0.4, 0.5) is 11.4 Å². The van der Waals surface area contributed by atoms with E-state index in [1.165, 1.54) is 12.1 Å². The number of hydrogen-bond acceptors (Lipinski definition) is 7. The summed E-state index contributed by atoms with van der Waals surface area (Å²) in [7, 11) is 0. The van der Waals surface area contributed by atoms with Gasteiger partial charge in [0.05, 0.1) is 29.4 Å². The average Bonchev–Trinajstić information content (AvgIpc) is 3.19. The molecule has 1 aromatic rings. The maximum Gasteiger partial charge on any atom is 0.341 e. The van der Waals surface area contributed by atoms with Gasteiger partial charge in [0, 0.05) is 31.3 Å². The molecule has 0 atom stereocenters. The number of rotatable bonds is 6. The Morgan fingerprint density at radius 1 is 1.26 bits per heavy atom. The fraction of sp³-hybridized carbons (Fsp3) is 0.556. The van der Waals surface area contributed by atoms with Crippen molar-refractivity contribution in [2.45, 2.75) is 31.7 Å². The Labute approximate surface area is 156 Å². The minimum atomic E-state index is -0.748. The van der Waals surface area contributed by atoms with Gasteiger partial charge in [-0.25, -0.2) is 4.79 Å². The van der Waals surface area contributed by atoms with Gasteiger partial charge in [-0.3, -0.25) is 14.9 Å². The summed E-state index contributed by atoms with van der Waals surface area (Å²) in [6.45, 7) is 1.76. The van der Waals surface area contributed by atoms with Crippen molar-refractivity contribution >= 4 is 23.3 Å². The van der Waals surface area contributed by atoms with Crippen LogP contribution in [-0.2, 0) is 14.3 Å². The highest BCUT2D eigenvalue weighted by molar-refractivity contribution is 5.97. The highest BCUT2D eigenvalue weighted by Crippen LogP contribution is 2.27. The molecule has 9 heteroatoms. The van der Waals surface area contributed by atoms with Gasteiger partial charge in [0.15, 0.2) is 6.61 Å². The van der Waals surface area contributed by atoms with Gasteiger partial charge >= 0.3 is 5.97 Å². The van der Waals surface area contributed by atoms with Gasteiger partial charge in [-0.15, -0.1) is 0 Å². The van der Waals surface area contributed by atoms with Crippen molar-refractivity contribution in [2.75, 3.05) is 37.8 Å². The number of hydrogen-bond donors (Lipinski definition) is 1. The minimum Gasteiger partial charge on any atom is -0.452 e. The molecular formula is C18H23N3O6. The lowest BCUT2D eigenvalue weighted by molar-refractivity contribution is -0.384. The number of amides is 1. The summed E-state index contributed by atoms with van der Waals surface area (Å²) in [6, 6.07) is 4.23. The summed E-state index contributed by atoms with van der Waals surface area (Å²) >= 11 is 0. The lowest BCUT2D eigenvalue weighted by Gasteiger charge is -2.30. The smallest absolute Gasteiger partial charge is 0.341 e. The van der Waals surface area contributed by atoms with E-state index in [-0.39, 0.29) is 23.2 Å². The van der Waals surface area contributed by atoms with E-state index in [0.29, 0.717) is 32.0 Å². The van der Waals surface area contributed by atoms with Gasteiger partial charge < -0.3 is 19.7 Å². The van der Waals surface area contributed by atoms with Crippen molar-refractivity contribution in [3.05, 3.63) is 33.9 Å². The molecule has 3 rings (SSSR count). The van der Waals surface area contributed by atoms with Gasteiger partial charge in [-0.2, -0.15) is 0 Å². The Hall–Kier alpha value is -2.68. The Kier molecular flexibility index (Phi) is 6.23. The predicted octanol–water partition coefficient (Wildman–Crippen LogP) is 1.65. The van der Waals surface area contributed by atoms with Gasteiger partial charge in [0.1, 0.15) is 0 Å². The lowest BCUT2D eigenvalue weighted by Crippen LogP contribution is -2.38. The summed E-state index contributed by atoms with van der Waals surface area (Å²) < 4.78 is 10.4. The Bertz CT molecular complexity index is 711. The Morgan fingerprint density at radius 2 is 1.96 bits per heavy atom. The zero-order valence-electron chi connectivity index (χ0n) is 15.0. The van der Waals surface area contributed by atoms with Crippen LogP contribution in [0.3, 0.4) is 0 Å². The molecule has 0 bridgehead atoms. The molecule has 0 spiro atoms. The van der Waals surface area contributed by atoms with E-state index in [0.717, 1.165) is 25.7 Å². The van der Waals surface area contributed by atoms with Gasteiger partial charge in [-0.05, 0) is 18.9 Å². The fourth-order valence-electron chi connectivity index (χ4n) is 3.43. The molecule has 0 radical (unpaired) electrons. The quantitative estimate of drug-likeness (QED) is 0.456. The maximum atomic E-state index is 12.5. The van der Waals surface area contributed by atoms with E-state index in [1.807, 2.05) is 4.90 Å². The maximum absolute atomic E-state index is 12.5. The predicted molar refractivity (Wildman–Crippen MR) is 96.8 cm³/mol. The highest BCUT2D eigenvalue weighted by Gasteiger charge is 2.24. The third-order valence-corrected chi connectivity index (χ3v) is 4.82. The Morgan fingerprint density at radius 3 is 2.63 bits per heavy atom. The lowest BCUT2D eigenvalue weighted by atomic mass is 10.1. The normalized spacial score (nSPS) is 17.6. The molecule has 1 heterocycles. The molecule has 1 saturated heterocycles. The third-order valence-electron chi connectivity index (χ3n) is 4.82. The molecule has 1 aliphatic heterocycles. The molecule has 146 valence electrons. The highest BCUT2D eigenvalue weighted by atomic mass is 16.6. The number of morpholine rings is 1. The molecule has 27 heavy (non-hydrogen) atoms. The summed E-state index contributed by atoms with van der Waals surface area (Å²) in [5, 5.41) is 13.9. The number of carbonyl (C=O) groups is 2. The van der Waals surface area contributed by atoms with Crippen LogP contribution >= 0.6 is 0 Å². The molecule has 0 aromatic heterocycles. The second kappa shape index (κ2) is 8.81. The molecule has 2 fully saturated rings. The number of benzene rings is 1. The summed E-state index contributed by atoms with van der Waals surface area (Å²) in [5.41, 5.74) is 0.430. The number of non-ortho nitro benzene ring substituents is 1. The molecular weight excluding hydrogens is 354 g/mol. The van der Waals surface area contributed by atoms with Gasteiger partial charge in [0.2, 0.25) is 0 Å². The molecule has 0 unspecified atom stereocenters. The number of esters is 1. The van der Waals surface area contributed by atoms with Crippen LogP contribution in [-0.4, -0.2) is 55.8 Å². The SMILES string of the molecule is O=C(COC(=O)c1cc([N+](=O)[O-])ccc1N1CCOCC1)NC1CCCC1. The molecule has 1 saturated carbocycles. The largest absolute Gasteiger partial charge is 0.452 e. The van der Waals surface area contributed by atoms with Crippen molar-refractivity contribution in [2.24, 2.45) is 0 Å². The van der Waals surface area contributed by atoms with Gasteiger partial charge in [0.25, 0.3) is 11.6 Å². The molecule has 1 aromatic carbocycles. The second-order valence-electron chi connectivity index (χ2n) is 6.68. The molecule has 1 aliphatic carbocycles. The van der Waals surface area contributed by atoms with Crippen LogP contribution in [0.25, 0.3) is 0 Å². The number of anilines is 1. The summed E-state index contributed by atoms with van der Waals surface area (Å²) in [6.07, 6.45) is 4.04. The van der Waals surface area contributed by atoms with Crippen LogP contribution in [0.5, 0.6) is 0 Å². The summed E-state index contributed by atoms with van der Waals surface area (Å²) in [5.74, 6) is -1.10. The van der Waals surface area contributed by atoms with Crippen molar-refractivity contribution in [3.63, 3.8) is 0 Å². The number of nitro benzene ring substituents is 1. The second-order valence-corrected chi connectivity index (χ2v) is 6.68. The van der Waals surface area contributed by atoms with Crippen LogP contribution in [0.1, 0.15) is 36.0 Å². The van der Waals surface area contributed by atoms with E-state index in [9.17, 15) is 19.7 Å². The van der Waals surface area contributed by atoms with E-state index < -0.39 is 17.5 Å². The average molecular weight is 377 g/mol. The number of nitrogens with one attached hydrogen (secondary N) is 1. The number of ether oxygens (including phenoxy) is 2. The zero-order valence-corrected chi connectivity index (χ0v) is 15.0. The number of nitro groups is 1. The van der Waals surface area contributed by atoms with Crippen LogP contribution in [0.2, 0.25) is 0 Å². The first kappa shape index (κ1) is 19.1. The molecule has 1 amide bonds. The first-order chi connectivity index (χ1) is 13.0. The van der Waals surface area contributed by atoms with Crippen molar-refractivity contribution in [1.82, 2.24) is 5.32 Å². The van der Waals surface area contributed by atoms with E-state index >= 15 is 0 Å². The Balaban J connectivity index is 1.69. The van der Waals surface area contributed by atoms with Gasteiger partial charge in [-0.1, -0.05) is 12.8 Å². The minimum absolute atomic E-state index is 0.0831. The standard InChI is InChI=1S/C18H23N3O6/c22-17(19-13-3-1-2-4-13)12-27-18(23)15-11-14(21(24)25)5-6-16(15)20-7-9-26-10-8-20/h5-6,11,13H,1-4,7-10,12H2,(H,19,22). The van der Waals surface area contributed by atoms with E-state index in [4.69, 9.17) is 9.47 Å². The van der Waals surface area contributed by atoms with Crippen molar-refractivity contribution in [1.29, 1.82) is 0 Å². The van der Waals surface area contributed by atoms with E-state index in [1.54, 1.807) is 6.07 Å². The number of nitrogens with zero attached hydrogens (tertiary/aromatic N) is 2. The summed E-state index contributed by atoms with van der Waals surface area (Å²) in [4.78, 5) is 36.9. The van der Waals surface area contributed by atoms with Crippen molar-refractivity contribution < 1.29 is 24.0 Å². The first-order valence-electron chi connectivity index (χ1n) is 9.12. The molecule has 2 aliphatic rings. The van der Waals surface area contributed by atoms with Crippen molar-refractivity contribution in [3.8, 4) is 0 Å². The fourth-order valence-corrected chi connectivity index (χ4v) is 3.43.